The SMILES string of the molecule is Cc1cc(Nc2ccc(S(=O)(=O)O)c3c(O)cccc23)ccc1S(=O)(=O)NC(=O)NS(=O)(=O)c1ccc(Nc2ccc(S(=O)(=O)O)c3c(O)cccc23)cc1C. The number of rotatable bonds is 10. The summed E-state index contributed by atoms with van der Waals surface area (Å²) >= 11 is 0. The molecule has 0 radical (unpaired) electrons. The Kier molecular flexibility index (Phi) is 10.1. The fourth-order valence-corrected chi connectivity index (χ4v) is 9.86. The molecule has 0 aliphatic carbocycles. The highest BCUT2D eigenvalue weighted by Crippen LogP contribution is 2.38. The lowest BCUT2D eigenvalue weighted by molar-refractivity contribution is 0.250. The van der Waals surface area contributed by atoms with Gasteiger partial charge in [0.15, 0.2) is 0 Å². The molecule has 292 valence electrons. The molecule has 6 aromatic rings. The van der Waals surface area contributed by atoms with Crippen molar-refractivity contribution in [3.63, 3.8) is 0 Å². The van der Waals surface area contributed by atoms with E-state index in [4.69, 9.17) is 0 Å². The first-order chi connectivity index (χ1) is 26.1. The molecule has 0 spiro atoms. The molecule has 0 aliphatic heterocycles. The zero-order chi connectivity index (χ0) is 41.0. The quantitative estimate of drug-likeness (QED) is 0.0804. The standard InChI is InChI=1S/C35H30N4O13S4/c1-19-17-21(36-25-11-15-31(55(47,48)49)33-23(25)5-3-7-27(33)40)9-13-29(19)53(43,44)38-35(42)39-54(45,46)30-14-10-22(18-20(30)2)37-26-12-16-32(56(50,51)52)34-24(26)6-4-8-28(34)41/h3-18,36-37,40-41H,1-2H3,(H2,38,39,42)(H,47,48,49)(H,50,51,52). The fraction of sp³-hybridized carbons (Fsp3) is 0.0571. The van der Waals surface area contributed by atoms with E-state index >= 15 is 0 Å². The molecule has 0 bridgehead atoms. The van der Waals surface area contributed by atoms with Crippen molar-refractivity contribution in [3.8, 4) is 11.5 Å². The Balaban J connectivity index is 1.18. The summed E-state index contributed by atoms with van der Waals surface area (Å²) in [4.78, 5) is 11.0. The topological polar surface area (TPSA) is 283 Å². The number of anilines is 4. The number of amides is 2. The smallest absolute Gasteiger partial charge is 0.342 e. The lowest BCUT2D eigenvalue weighted by Crippen LogP contribution is -2.42. The van der Waals surface area contributed by atoms with Crippen molar-refractivity contribution in [3.05, 3.63) is 108 Å². The Morgan fingerprint density at radius 3 is 1.20 bits per heavy atom. The monoisotopic (exact) mass is 842 g/mol. The number of carbonyl (C=O) groups is 1. The number of carbonyl (C=O) groups excluding carboxylic acids is 1. The summed E-state index contributed by atoms with van der Waals surface area (Å²) in [6.45, 7) is 2.82. The highest BCUT2D eigenvalue weighted by Gasteiger charge is 2.26. The highest BCUT2D eigenvalue weighted by molar-refractivity contribution is 7.91. The summed E-state index contributed by atoms with van der Waals surface area (Å²) in [5.74, 6) is -0.819. The number of hydrogen-bond donors (Lipinski definition) is 8. The number of hydrogen-bond acceptors (Lipinski definition) is 13. The molecule has 0 aliphatic rings. The van der Waals surface area contributed by atoms with Crippen molar-refractivity contribution in [2.24, 2.45) is 0 Å². The average Bonchev–Trinajstić information content (AvgIpc) is 3.07. The number of sulfonamides is 2. The van der Waals surface area contributed by atoms with Crippen LogP contribution in [0.4, 0.5) is 27.5 Å². The van der Waals surface area contributed by atoms with Crippen molar-refractivity contribution >= 4 is 90.6 Å². The predicted molar refractivity (Wildman–Crippen MR) is 206 cm³/mol. The Hall–Kier alpha value is -5.97. The molecule has 0 unspecified atom stereocenters. The van der Waals surface area contributed by atoms with Gasteiger partial charge < -0.3 is 20.8 Å². The third-order valence-electron chi connectivity index (χ3n) is 8.46. The maximum atomic E-state index is 13.2. The van der Waals surface area contributed by atoms with Gasteiger partial charge >= 0.3 is 6.03 Å². The van der Waals surface area contributed by atoms with Crippen molar-refractivity contribution < 1.29 is 57.8 Å². The maximum Gasteiger partial charge on any atom is 0.342 e. The van der Waals surface area contributed by atoms with Gasteiger partial charge in [0, 0.05) is 44.3 Å². The van der Waals surface area contributed by atoms with E-state index in [9.17, 15) is 57.8 Å². The zero-order valence-corrected chi connectivity index (χ0v) is 32.1. The minimum Gasteiger partial charge on any atom is -0.507 e. The molecule has 0 atom stereocenters. The second-order valence-corrected chi connectivity index (χ2v) is 18.4. The van der Waals surface area contributed by atoms with Crippen LogP contribution in [0.3, 0.4) is 0 Å². The Morgan fingerprint density at radius 1 is 0.500 bits per heavy atom. The van der Waals surface area contributed by atoms with Crippen LogP contribution in [0.2, 0.25) is 0 Å². The number of urea groups is 1. The van der Waals surface area contributed by atoms with E-state index in [0.29, 0.717) is 22.7 Å². The number of fused-ring (bicyclic) bond motifs is 2. The van der Waals surface area contributed by atoms with Crippen LogP contribution < -0.4 is 20.1 Å². The van der Waals surface area contributed by atoms with Gasteiger partial charge in [0.2, 0.25) is 0 Å². The molecular weight excluding hydrogens is 813 g/mol. The third-order valence-corrected chi connectivity index (χ3v) is 13.2. The maximum absolute atomic E-state index is 13.2. The number of phenols is 2. The minimum atomic E-state index is -4.70. The van der Waals surface area contributed by atoms with Gasteiger partial charge in [0.1, 0.15) is 21.3 Å². The average molecular weight is 843 g/mol. The van der Waals surface area contributed by atoms with Gasteiger partial charge in [-0.1, -0.05) is 24.3 Å². The second kappa shape index (κ2) is 14.3. The molecule has 56 heavy (non-hydrogen) atoms. The summed E-state index contributed by atoms with van der Waals surface area (Å²) in [5.41, 5.74) is 1.45. The number of aryl methyl sites for hydroxylation is 2. The van der Waals surface area contributed by atoms with E-state index in [1.54, 1.807) is 9.44 Å². The van der Waals surface area contributed by atoms with Crippen LogP contribution in [0.1, 0.15) is 11.1 Å². The summed E-state index contributed by atoms with van der Waals surface area (Å²) in [6.07, 6.45) is 0. The van der Waals surface area contributed by atoms with E-state index in [1.807, 2.05) is 0 Å². The second-order valence-electron chi connectivity index (χ2n) is 12.3. The lowest BCUT2D eigenvalue weighted by Gasteiger charge is -2.16. The van der Waals surface area contributed by atoms with Gasteiger partial charge in [0.05, 0.1) is 9.79 Å². The van der Waals surface area contributed by atoms with E-state index in [0.717, 1.165) is 24.3 Å². The van der Waals surface area contributed by atoms with E-state index in [1.165, 1.54) is 86.6 Å². The van der Waals surface area contributed by atoms with Crippen LogP contribution in [0.15, 0.2) is 117 Å². The van der Waals surface area contributed by atoms with Gasteiger partial charge in [-0.05, 0) is 97.8 Å². The molecule has 0 aromatic heterocycles. The minimum absolute atomic E-state index is 0.120. The zero-order valence-electron chi connectivity index (χ0n) is 28.8. The summed E-state index contributed by atoms with van der Waals surface area (Å²) in [6, 6.07) is 19.4. The highest BCUT2D eigenvalue weighted by atomic mass is 32.2. The molecule has 0 saturated heterocycles. The molecule has 0 fully saturated rings. The number of nitrogens with one attached hydrogen (secondary N) is 4. The molecular formula is C35H30N4O13S4. The normalized spacial score (nSPS) is 12.4. The third kappa shape index (κ3) is 7.89. The Morgan fingerprint density at radius 2 is 0.857 bits per heavy atom. The molecule has 0 saturated carbocycles. The molecule has 6 aromatic carbocycles. The Labute approximate surface area is 320 Å². The van der Waals surface area contributed by atoms with Crippen molar-refractivity contribution in [1.29, 1.82) is 0 Å². The number of benzene rings is 6. The molecule has 17 nitrogen and oxygen atoms in total. The van der Waals surface area contributed by atoms with E-state index < -0.39 is 67.6 Å². The summed E-state index contributed by atoms with van der Waals surface area (Å²) in [5, 5.41) is 26.8. The largest absolute Gasteiger partial charge is 0.507 e. The first-order valence-corrected chi connectivity index (χ1v) is 21.7. The molecule has 2 amide bonds. The van der Waals surface area contributed by atoms with E-state index in [2.05, 4.69) is 10.6 Å². The number of aromatic hydroxyl groups is 2. The summed E-state index contributed by atoms with van der Waals surface area (Å²) < 4.78 is 123. The lowest BCUT2D eigenvalue weighted by atomic mass is 10.1. The van der Waals surface area contributed by atoms with Crippen LogP contribution >= 0.6 is 0 Å². The Bertz CT molecular complexity index is 2880. The van der Waals surface area contributed by atoms with Crippen LogP contribution in [0.5, 0.6) is 11.5 Å². The van der Waals surface area contributed by atoms with Crippen LogP contribution in [-0.4, -0.2) is 59.0 Å². The van der Waals surface area contributed by atoms with Crippen LogP contribution in [-0.2, 0) is 40.3 Å². The van der Waals surface area contributed by atoms with Gasteiger partial charge in [0.25, 0.3) is 40.3 Å². The molecule has 8 N–H and O–H groups in total. The van der Waals surface area contributed by atoms with Crippen molar-refractivity contribution in [2.45, 2.75) is 33.4 Å². The van der Waals surface area contributed by atoms with E-state index in [-0.39, 0.29) is 42.5 Å². The molecule has 6 rings (SSSR count). The van der Waals surface area contributed by atoms with Crippen molar-refractivity contribution in [2.75, 3.05) is 10.6 Å². The van der Waals surface area contributed by atoms with Gasteiger partial charge in [-0.2, -0.15) is 16.8 Å². The fourth-order valence-electron chi connectivity index (χ4n) is 6.10. The summed E-state index contributed by atoms with van der Waals surface area (Å²) in [7, 11) is -18.7. The molecule has 21 heteroatoms. The van der Waals surface area contributed by atoms with Gasteiger partial charge in [-0.3, -0.25) is 9.11 Å². The number of phenolic OH excluding ortho intramolecular Hbond substituents is 2. The first kappa shape index (κ1) is 39.7. The first-order valence-electron chi connectivity index (χ1n) is 15.9. The van der Waals surface area contributed by atoms with Crippen LogP contribution in [0.25, 0.3) is 21.5 Å². The van der Waals surface area contributed by atoms with Crippen molar-refractivity contribution in [1.82, 2.24) is 9.44 Å². The van der Waals surface area contributed by atoms with Gasteiger partial charge in [-0.15, -0.1) is 0 Å². The van der Waals surface area contributed by atoms with Gasteiger partial charge in [-0.25, -0.2) is 31.1 Å². The molecule has 0 heterocycles. The van der Waals surface area contributed by atoms with Crippen LogP contribution in [0, 0.1) is 13.8 Å². The predicted octanol–water partition coefficient (Wildman–Crippen LogP) is 5.38.